The molecule has 0 fully saturated rings. The van der Waals surface area contributed by atoms with Crippen molar-refractivity contribution in [3.8, 4) is 0 Å². The summed E-state index contributed by atoms with van der Waals surface area (Å²) in [5, 5.41) is 20.3. The Morgan fingerprint density at radius 1 is 0.900 bits per heavy atom. The lowest BCUT2D eigenvalue weighted by Crippen LogP contribution is -2.00. The average Bonchev–Trinajstić information content (AvgIpc) is 2.53. The van der Waals surface area contributed by atoms with E-state index < -0.39 is 12.2 Å². The van der Waals surface area contributed by atoms with E-state index in [4.69, 9.17) is 0 Å². The molecule has 0 aliphatic carbocycles. The Morgan fingerprint density at radius 2 is 1.40 bits per heavy atom. The zero-order valence-electron chi connectivity index (χ0n) is 11.6. The first-order valence-corrected chi connectivity index (χ1v) is 6.81. The second-order valence-electron chi connectivity index (χ2n) is 4.92. The van der Waals surface area contributed by atoms with Crippen molar-refractivity contribution in [1.82, 2.24) is 0 Å². The van der Waals surface area contributed by atoms with E-state index in [1.165, 1.54) is 0 Å². The Kier molecular flexibility index (Phi) is 5.10. The molecule has 2 aromatic carbocycles. The van der Waals surface area contributed by atoms with Crippen molar-refractivity contribution in [2.24, 2.45) is 0 Å². The Labute approximate surface area is 120 Å². The summed E-state index contributed by atoms with van der Waals surface area (Å²) in [6, 6.07) is 19.1. The maximum Gasteiger partial charge on any atom is 0.0998 e. The van der Waals surface area contributed by atoms with E-state index >= 15 is 0 Å². The Hall–Kier alpha value is -1.90. The number of benzene rings is 2. The highest BCUT2D eigenvalue weighted by Crippen LogP contribution is 2.23. The summed E-state index contributed by atoms with van der Waals surface area (Å²) in [4.78, 5) is 0. The molecule has 2 rings (SSSR count). The SMILES string of the molecule is C/C(=C\CC(O)c1ccccc1)C(O)c1ccccc1. The molecule has 0 aliphatic heterocycles. The summed E-state index contributed by atoms with van der Waals surface area (Å²) in [6.45, 7) is 1.88. The topological polar surface area (TPSA) is 40.5 Å². The fourth-order valence-electron chi connectivity index (χ4n) is 2.12. The molecule has 2 N–H and O–H groups in total. The number of hydrogen-bond donors (Lipinski definition) is 2. The molecule has 0 spiro atoms. The fraction of sp³-hybridized carbons (Fsp3) is 0.222. The van der Waals surface area contributed by atoms with Crippen LogP contribution in [0.5, 0.6) is 0 Å². The lowest BCUT2D eigenvalue weighted by atomic mass is 10.00. The summed E-state index contributed by atoms with van der Waals surface area (Å²) >= 11 is 0. The molecule has 104 valence electrons. The highest BCUT2D eigenvalue weighted by atomic mass is 16.3. The molecule has 0 aromatic heterocycles. The summed E-state index contributed by atoms with van der Waals surface area (Å²) < 4.78 is 0. The maximum atomic E-state index is 10.2. The van der Waals surface area contributed by atoms with Crippen LogP contribution >= 0.6 is 0 Å². The van der Waals surface area contributed by atoms with E-state index in [1.54, 1.807) is 0 Å². The van der Waals surface area contributed by atoms with Gasteiger partial charge >= 0.3 is 0 Å². The molecule has 0 radical (unpaired) electrons. The smallest absolute Gasteiger partial charge is 0.0998 e. The number of rotatable bonds is 5. The minimum Gasteiger partial charge on any atom is -0.388 e. The van der Waals surface area contributed by atoms with Gasteiger partial charge < -0.3 is 10.2 Å². The normalized spacial score (nSPS) is 14.8. The van der Waals surface area contributed by atoms with Crippen LogP contribution in [0.1, 0.15) is 36.7 Å². The third-order valence-corrected chi connectivity index (χ3v) is 3.39. The largest absolute Gasteiger partial charge is 0.388 e. The predicted octanol–water partition coefficient (Wildman–Crippen LogP) is 3.79. The molecule has 2 aromatic rings. The van der Waals surface area contributed by atoms with Crippen LogP contribution in [-0.4, -0.2) is 10.2 Å². The van der Waals surface area contributed by atoms with Crippen LogP contribution < -0.4 is 0 Å². The molecule has 0 saturated heterocycles. The average molecular weight is 268 g/mol. The molecular formula is C18H20O2. The van der Waals surface area contributed by atoms with Gasteiger partial charge in [0.15, 0.2) is 0 Å². The van der Waals surface area contributed by atoms with Crippen LogP contribution in [0, 0.1) is 0 Å². The molecule has 0 aliphatic rings. The van der Waals surface area contributed by atoms with Crippen LogP contribution in [-0.2, 0) is 0 Å². The zero-order chi connectivity index (χ0) is 14.4. The van der Waals surface area contributed by atoms with E-state index in [0.29, 0.717) is 6.42 Å². The van der Waals surface area contributed by atoms with Crippen molar-refractivity contribution in [2.45, 2.75) is 25.6 Å². The molecule has 20 heavy (non-hydrogen) atoms. The first-order chi connectivity index (χ1) is 9.68. The van der Waals surface area contributed by atoms with Crippen LogP contribution in [0.3, 0.4) is 0 Å². The zero-order valence-corrected chi connectivity index (χ0v) is 11.6. The lowest BCUT2D eigenvalue weighted by molar-refractivity contribution is 0.179. The van der Waals surface area contributed by atoms with Gasteiger partial charge in [-0.2, -0.15) is 0 Å². The van der Waals surface area contributed by atoms with Gasteiger partial charge in [-0.3, -0.25) is 0 Å². The summed E-state index contributed by atoms with van der Waals surface area (Å²) in [5.74, 6) is 0. The summed E-state index contributed by atoms with van der Waals surface area (Å²) in [5.41, 5.74) is 2.62. The Morgan fingerprint density at radius 3 is 1.95 bits per heavy atom. The third-order valence-electron chi connectivity index (χ3n) is 3.39. The molecule has 2 atom stereocenters. The maximum absolute atomic E-state index is 10.2. The van der Waals surface area contributed by atoms with Crippen molar-refractivity contribution in [2.75, 3.05) is 0 Å². The van der Waals surface area contributed by atoms with Gasteiger partial charge in [-0.25, -0.2) is 0 Å². The second kappa shape index (κ2) is 7.04. The van der Waals surface area contributed by atoms with E-state index in [-0.39, 0.29) is 0 Å². The first kappa shape index (κ1) is 14.5. The standard InChI is InChI=1S/C18H20O2/c1-14(18(20)16-10-6-3-7-11-16)12-13-17(19)15-8-4-2-5-9-15/h2-12,17-20H,13H2,1H3/b14-12+. The molecule has 0 amide bonds. The first-order valence-electron chi connectivity index (χ1n) is 6.81. The molecular weight excluding hydrogens is 248 g/mol. The number of aliphatic hydroxyl groups excluding tert-OH is 2. The van der Waals surface area contributed by atoms with Crippen molar-refractivity contribution in [1.29, 1.82) is 0 Å². The second-order valence-corrected chi connectivity index (χ2v) is 4.92. The fourth-order valence-corrected chi connectivity index (χ4v) is 2.12. The van der Waals surface area contributed by atoms with Crippen LogP contribution in [0.15, 0.2) is 72.3 Å². The van der Waals surface area contributed by atoms with E-state index in [9.17, 15) is 10.2 Å². The highest BCUT2D eigenvalue weighted by Gasteiger charge is 2.10. The van der Waals surface area contributed by atoms with Gasteiger partial charge in [-0.1, -0.05) is 66.7 Å². The minimum atomic E-state index is -0.612. The molecule has 2 heteroatoms. The van der Waals surface area contributed by atoms with Gasteiger partial charge in [0.25, 0.3) is 0 Å². The number of aliphatic hydroxyl groups is 2. The molecule has 2 nitrogen and oxygen atoms in total. The summed E-state index contributed by atoms with van der Waals surface area (Å²) in [7, 11) is 0. The predicted molar refractivity (Wildman–Crippen MR) is 81.2 cm³/mol. The molecule has 2 unspecified atom stereocenters. The monoisotopic (exact) mass is 268 g/mol. The van der Waals surface area contributed by atoms with Gasteiger partial charge in [0.05, 0.1) is 12.2 Å². The van der Waals surface area contributed by atoms with E-state index in [0.717, 1.165) is 16.7 Å². The Balaban J connectivity index is 2.01. The van der Waals surface area contributed by atoms with Crippen LogP contribution in [0.25, 0.3) is 0 Å². The van der Waals surface area contributed by atoms with Gasteiger partial charge in [0, 0.05) is 0 Å². The lowest BCUT2D eigenvalue weighted by Gasteiger charge is -2.13. The minimum absolute atomic E-state index is 0.500. The van der Waals surface area contributed by atoms with Crippen LogP contribution in [0.2, 0.25) is 0 Å². The Bertz CT molecular complexity index is 546. The van der Waals surface area contributed by atoms with Crippen molar-refractivity contribution < 1.29 is 10.2 Å². The molecule has 0 bridgehead atoms. The highest BCUT2D eigenvalue weighted by molar-refractivity contribution is 5.25. The van der Waals surface area contributed by atoms with E-state index in [2.05, 4.69) is 0 Å². The van der Waals surface area contributed by atoms with E-state index in [1.807, 2.05) is 73.7 Å². The summed E-state index contributed by atoms with van der Waals surface area (Å²) in [6.07, 6.45) is 1.25. The third kappa shape index (κ3) is 3.80. The van der Waals surface area contributed by atoms with Crippen molar-refractivity contribution >= 4 is 0 Å². The number of hydrogen-bond acceptors (Lipinski definition) is 2. The van der Waals surface area contributed by atoms with Crippen molar-refractivity contribution in [3.63, 3.8) is 0 Å². The molecule has 0 heterocycles. The van der Waals surface area contributed by atoms with Crippen molar-refractivity contribution in [3.05, 3.63) is 83.4 Å². The van der Waals surface area contributed by atoms with Gasteiger partial charge in [-0.05, 0) is 30.0 Å². The van der Waals surface area contributed by atoms with Gasteiger partial charge in [0.2, 0.25) is 0 Å². The molecule has 0 saturated carbocycles. The van der Waals surface area contributed by atoms with Gasteiger partial charge in [-0.15, -0.1) is 0 Å². The quantitative estimate of drug-likeness (QED) is 0.810. The van der Waals surface area contributed by atoms with Gasteiger partial charge in [0.1, 0.15) is 0 Å². The van der Waals surface area contributed by atoms with Crippen LogP contribution in [0.4, 0.5) is 0 Å².